The summed E-state index contributed by atoms with van der Waals surface area (Å²) in [7, 11) is -2.62. The summed E-state index contributed by atoms with van der Waals surface area (Å²) in [5.41, 5.74) is -0.690. The van der Waals surface area contributed by atoms with E-state index >= 15 is 0 Å². The van der Waals surface area contributed by atoms with E-state index in [1.165, 1.54) is 17.5 Å². The minimum Gasteiger partial charge on any atom is -0.453 e. The average Bonchev–Trinajstić information content (AvgIpc) is 3.23. The minimum absolute atomic E-state index is 0.0571. The van der Waals surface area contributed by atoms with Gasteiger partial charge in [0, 0.05) is 44.2 Å². The Hall–Kier alpha value is -3.08. The number of thiazole rings is 1. The Kier molecular flexibility index (Phi) is 8.30. The van der Waals surface area contributed by atoms with Gasteiger partial charge in [-0.1, -0.05) is 17.4 Å². The van der Waals surface area contributed by atoms with Crippen molar-refractivity contribution in [2.24, 2.45) is 0 Å². The van der Waals surface area contributed by atoms with Crippen LogP contribution in [0.1, 0.15) is 24.0 Å². The first kappa shape index (κ1) is 28.9. The fraction of sp³-hybridized carbons (Fsp3) is 0.478. The van der Waals surface area contributed by atoms with Crippen molar-refractivity contribution in [1.29, 1.82) is 0 Å². The van der Waals surface area contributed by atoms with Crippen LogP contribution in [0.5, 0.6) is 0 Å². The van der Waals surface area contributed by atoms with Gasteiger partial charge >= 0.3 is 12.3 Å². The zero-order valence-electron chi connectivity index (χ0n) is 21.7. The number of aryl methyl sites for hydroxylation is 2. The van der Waals surface area contributed by atoms with E-state index in [1.807, 2.05) is 6.92 Å². The summed E-state index contributed by atoms with van der Waals surface area (Å²) in [5.74, 6) is 0.533. The number of carbonyl (C=O) groups excluding carboxylic acids is 1. The fourth-order valence-electron chi connectivity index (χ4n) is 4.35. The average molecular weight is 588 g/mol. The number of methoxy groups -OCH3 is 1. The number of hydrogen-bond acceptors (Lipinski definition) is 10. The predicted molar refractivity (Wildman–Crippen MR) is 140 cm³/mol. The Morgan fingerprint density at radius 1 is 1.15 bits per heavy atom. The van der Waals surface area contributed by atoms with Crippen LogP contribution >= 0.6 is 11.3 Å². The molecule has 212 valence electrons. The number of nitrogens with one attached hydrogen (secondary N) is 2. The lowest BCUT2D eigenvalue weighted by atomic mass is 10.1. The molecule has 1 fully saturated rings. The topological polar surface area (TPSA) is 130 Å². The number of para-hydroxylation sites is 1. The number of halogens is 3. The number of hydrogen-bond donors (Lipinski definition) is 2. The molecule has 3 aromatic rings. The molecule has 1 atom stereocenters. The van der Waals surface area contributed by atoms with E-state index in [0.717, 1.165) is 17.4 Å². The molecule has 0 saturated carbocycles. The van der Waals surface area contributed by atoms with Gasteiger partial charge < -0.3 is 10.1 Å². The van der Waals surface area contributed by atoms with Crippen LogP contribution in [0.2, 0.25) is 0 Å². The molecule has 1 saturated heterocycles. The molecule has 3 heterocycles. The van der Waals surface area contributed by atoms with Crippen molar-refractivity contribution in [1.82, 2.24) is 24.2 Å². The SMILES string of the molecule is COC(=O)Nc1nc(C)c(S(=O)(=O)N2CCN(C[C@H](C)Nc3nc(C)nc4c(C(F)(F)F)cccc34)CC2)s1. The molecule has 11 nitrogen and oxygen atoms in total. The maximum atomic E-state index is 13.5. The van der Waals surface area contributed by atoms with Gasteiger partial charge in [-0.2, -0.15) is 17.5 Å². The summed E-state index contributed by atoms with van der Waals surface area (Å²) in [6.45, 7) is 6.91. The monoisotopic (exact) mass is 587 g/mol. The summed E-state index contributed by atoms with van der Waals surface area (Å²) in [6, 6.07) is 3.69. The van der Waals surface area contributed by atoms with Crippen LogP contribution in [-0.4, -0.2) is 84.5 Å². The Balaban J connectivity index is 1.41. The summed E-state index contributed by atoms with van der Waals surface area (Å²) in [6.07, 6.45) is -5.28. The van der Waals surface area contributed by atoms with Crippen LogP contribution in [0.3, 0.4) is 0 Å². The normalized spacial score (nSPS) is 16.3. The number of amides is 1. The third kappa shape index (κ3) is 6.40. The summed E-state index contributed by atoms with van der Waals surface area (Å²) in [5, 5.41) is 6.00. The van der Waals surface area contributed by atoms with E-state index in [4.69, 9.17) is 0 Å². The zero-order chi connectivity index (χ0) is 28.5. The van der Waals surface area contributed by atoms with E-state index in [2.05, 4.69) is 35.2 Å². The molecule has 2 aromatic heterocycles. The fourth-order valence-corrected chi connectivity index (χ4v) is 7.31. The van der Waals surface area contributed by atoms with Crippen LogP contribution in [-0.2, 0) is 20.9 Å². The number of ether oxygens (including phenoxy) is 1. The first-order valence-corrected chi connectivity index (χ1v) is 14.2. The number of aromatic nitrogens is 3. The lowest BCUT2D eigenvalue weighted by Crippen LogP contribution is -2.50. The van der Waals surface area contributed by atoms with Crippen LogP contribution in [0, 0.1) is 13.8 Å². The predicted octanol–water partition coefficient (Wildman–Crippen LogP) is 3.71. The van der Waals surface area contributed by atoms with Gasteiger partial charge in [-0.3, -0.25) is 10.2 Å². The molecule has 0 aliphatic carbocycles. The van der Waals surface area contributed by atoms with E-state index in [-0.39, 0.29) is 50.9 Å². The summed E-state index contributed by atoms with van der Waals surface area (Å²) in [4.78, 5) is 26.0. The highest BCUT2D eigenvalue weighted by Gasteiger charge is 2.34. The third-order valence-corrected chi connectivity index (χ3v) is 9.67. The molecule has 4 rings (SSSR count). The molecule has 0 unspecified atom stereocenters. The van der Waals surface area contributed by atoms with Gasteiger partial charge in [-0.05, 0) is 32.9 Å². The molecule has 1 aliphatic rings. The molecule has 2 N–H and O–H groups in total. The second-order valence-corrected chi connectivity index (χ2v) is 12.2. The van der Waals surface area contributed by atoms with Gasteiger partial charge in [-0.25, -0.2) is 28.2 Å². The quantitative estimate of drug-likeness (QED) is 0.425. The maximum Gasteiger partial charge on any atom is 0.418 e. The lowest BCUT2D eigenvalue weighted by Gasteiger charge is -2.35. The number of carbonyl (C=O) groups is 1. The molecular formula is C23H28F3N7O4S2. The molecule has 1 amide bonds. The number of anilines is 2. The highest BCUT2D eigenvalue weighted by atomic mass is 32.2. The molecular weight excluding hydrogens is 559 g/mol. The van der Waals surface area contributed by atoms with Crippen molar-refractivity contribution in [2.75, 3.05) is 50.5 Å². The van der Waals surface area contributed by atoms with Crippen LogP contribution in [0.15, 0.2) is 22.4 Å². The van der Waals surface area contributed by atoms with Crippen molar-refractivity contribution < 1.29 is 31.1 Å². The second-order valence-electron chi connectivity index (χ2n) is 9.08. The van der Waals surface area contributed by atoms with Crippen molar-refractivity contribution >= 4 is 49.3 Å². The van der Waals surface area contributed by atoms with E-state index in [0.29, 0.717) is 25.5 Å². The van der Waals surface area contributed by atoms with Gasteiger partial charge in [0.1, 0.15) is 11.6 Å². The van der Waals surface area contributed by atoms with E-state index in [1.54, 1.807) is 19.9 Å². The Morgan fingerprint density at radius 2 is 1.85 bits per heavy atom. The van der Waals surface area contributed by atoms with Crippen molar-refractivity contribution in [3.8, 4) is 0 Å². The molecule has 0 bridgehead atoms. The zero-order valence-corrected chi connectivity index (χ0v) is 23.3. The van der Waals surface area contributed by atoms with Gasteiger partial charge in [-0.15, -0.1) is 0 Å². The highest BCUT2D eigenvalue weighted by Crippen LogP contribution is 2.36. The van der Waals surface area contributed by atoms with Crippen LogP contribution in [0.4, 0.5) is 28.9 Å². The number of rotatable bonds is 7. The highest BCUT2D eigenvalue weighted by molar-refractivity contribution is 7.91. The van der Waals surface area contributed by atoms with Gasteiger partial charge in [0.05, 0.1) is 23.9 Å². The number of alkyl halides is 3. The minimum atomic E-state index is -4.54. The lowest BCUT2D eigenvalue weighted by molar-refractivity contribution is -0.136. The van der Waals surface area contributed by atoms with Gasteiger partial charge in [0.15, 0.2) is 9.34 Å². The van der Waals surface area contributed by atoms with Crippen LogP contribution in [0.25, 0.3) is 10.9 Å². The first-order valence-electron chi connectivity index (χ1n) is 12.0. The molecule has 0 radical (unpaired) electrons. The summed E-state index contributed by atoms with van der Waals surface area (Å²) >= 11 is 0.862. The third-order valence-electron chi connectivity index (χ3n) is 6.11. The van der Waals surface area contributed by atoms with Gasteiger partial charge in [0.2, 0.25) is 0 Å². The Labute approximate surface area is 227 Å². The van der Waals surface area contributed by atoms with E-state index < -0.39 is 27.9 Å². The standard InChI is InChI=1S/C23H28F3N7O4S2/c1-13(27-19-16-6-5-7-17(23(24,25)26)18(16)29-15(3)30-19)12-32-8-10-33(11-9-32)39(35,36)20-14(2)28-21(38-20)31-22(34)37-4/h5-7,13H,8-12H2,1-4H3,(H,27,29,30)(H,28,31,34)/t13-/m0/s1. The number of benzene rings is 1. The van der Waals surface area contributed by atoms with Gasteiger partial charge in [0.25, 0.3) is 10.0 Å². The summed E-state index contributed by atoms with van der Waals surface area (Å²) < 4.78 is 72.9. The second kappa shape index (κ2) is 11.2. The number of piperazine rings is 1. The van der Waals surface area contributed by atoms with Crippen molar-refractivity contribution in [3.63, 3.8) is 0 Å². The molecule has 39 heavy (non-hydrogen) atoms. The molecule has 1 aliphatic heterocycles. The number of fused-ring (bicyclic) bond motifs is 1. The van der Waals surface area contributed by atoms with Crippen LogP contribution < -0.4 is 10.6 Å². The molecule has 0 spiro atoms. The molecule has 16 heteroatoms. The Morgan fingerprint density at radius 3 is 2.49 bits per heavy atom. The van der Waals surface area contributed by atoms with E-state index in [9.17, 15) is 26.4 Å². The number of nitrogens with zero attached hydrogens (tertiary/aromatic N) is 5. The van der Waals surface area contributed by atoms with Crippen molar-refractivity contribution in [3.05, 3.63) is 35.3 Å². The van der Waals surface area contributed by atoms with Crippen molar-refractivity contribution in [2.45, 2.75) is 37.2 Å². The number of sulfonamides is 1. The first-order chi connectivity index (χ1) is 18.3. The largest absolute Gasteiger partial charge is 0.453 e. The maximum absolute atomic E-state index is 13.5. The molecule has 1 aromatic carbocycles. The smallest absolute Gasteiger partial charge is 0.418 e. The Bertz CT molecular complexity index is 1470.